The van der Waals surface area contributed by atoms with Crippen molar-refractivity contribution in [3.63, 3.8) is 0 Å². The third-order valence-electron chi connectivity index (χ3n) is 4.79. The molecule has 3 aliphatic rings. The smallest absolute Gasteiger partial charge is 0.0543 e. The SMILES string of the molecule is OC1CCCC(CNC2CC3CC=CC32)C1. The average molecular weight is 221 g/mol. The van der Waals surface area contributed by atoms with Crippen molar-refractivity contribution in [1.82, 2.24) is 5.32 Å². The van der Waals surface area contributed by atoms with Gasteiger partial charge in [0.2, 0.25) is 0 Å². The van der Waals surface area contributed by atoms with Gasteiger partial charge >= 0.3 is 0 Å². The van der Waals surface area contributed by atoms with Crippen molar-refractivity contribution < 1.29 is 5.11 Å². The van der Waals surface area contributed by atoms with E-state index in [0.29, 0.717) is 5.92 Å². The second kappa shape index (κ2) is 4.50. The molecule has 2 saturated carbocycles. The summed E-state index contributed by atoms with van der Waals surface area (Å²) < 4.78 is 0. The second-order valence-electron chi connectivity index (χ2n) is 5.94. The first-order valence-electron chi connectivity index (χ1n) is 6.91. The van der Waals surface area contributed by atoms with E-state index in [-0.39, 0.29) is 6.10 Å². The van der Waals surface area contributed by atoms with Crippen LogP contribution in [0.3, 0.4) is 0 Å². The summed E-state index contributed by atoms with van der Waals surface area (Å²) in [5.41, 5.74) is 0. The molecule has 0 aromatic carbocycles. The molecule has 2 fully saturated rings. The van der Waals surface area contributed by atoms with Crippen molar-refractivity contribution in [2.24, 2.45) is 17.8 Å². The zero-order chi connectivity index (χ0) is 11.0. The maximum absolute atomic E-state index is 9.63. The molecule has 2 nitrogen and oxygen atoms in total. The minimum Gasteiger partial charge on any atom is -0.393 e. The van der Waals surface area contributed by atoms with Gasteiger partial charge in [-0.05, 0) is 56.4 Å². The fourth-order valence-corrected chi connectivity index (χ4v) is 3.71. The van der Waals surface area contributed by atoms with Gasteiger partial charge in [0, 0.05) is 6.04 Å². The topological polar surface area (TPSA) is 32.3 Å². The summed E-state index contributed by atoms with van der Waals surface area (Å²) in [5, 5.41) is 13.3. The van der Waals surface area contributed by atoms with Gasteiger partial charge in [-0.2, -0.15) is 0 Å². The van der Waals surface area contributed by atoms with Gasteiger partial charge < -0.3 is 10.4 Å². The molecular weight excluding hydrogens is 198 g/mol. The third-order valence-corrected chi connectivity index (χ3v) is 4.79. The van der Waals surface area contributed by atoms with Crippen LogP contribution in [0.4, 0.5) is 0 Å². The summed E-state index contributed by atoms with van der Waals surface area (Å²) in [4.78, 5) is 0. The number of fused-ring (bicyclic) bond motifs is 1. The van der Waals surface area contributed by atoms with Crippen LogP contribution in [0.5, 0.6) is 0 Å². The van der Waals surface area contributed by atoms with Gasteiger partial charge in [0.05, 0.1) is 6.10 Å². The normalized spacial score (nSPS) is 46.4. The molecule has 0 aromatic heterocycles. The van der Waals surface area contributed by atoms with Crippen LogP contribution in [0.25, 0.3) is 0 Å². The van der Waals surface area contributed by atoms with Crippen molar-refractivity contribution in [3.8, 4) is 0 Å². The summed E-state index contributed by atoms with van der Waals surface area (Å²) in [5.74, 6) is 2.50. The lowest BCUT2D eigenvalue weighted by atomic mass is 9.71. The van der Waals surface area contributed by atoms with E-state index in [0.717, 1.165) is 37.3 Å². The monoisotopic (exact) mass is 221 g/mol. The molecule has 3 rings (SSSR count). The second-order valence-corrected chi connectivity index (χ2v) is 5.94. The summed E-state index contributed by atoms with van der Waals surface area (Å²) in [6.45, 7) is 1.12. The lowest BCUT2D eigenvalue weighted by Gasteiger charge is -2.42. The average Bonchev–Trinajstić information content (AvgIpc) is 2.61. The van der Waals surface area contributed by atoms with Crippen LogP contribution in [0.1, 0.15) is 38.5 Å². The molecule has 0 spiro atoms. The Hall–Kier alpha value is -0.340. The van der Waals surface area contributed by atoms with Crippen molar-refractivity contribution in [2.75, 3.05) is 6.54 Å². The van der Waals surface area contributed by atoms with E-state index in [1.54, 1.807) is 0 Å². The number of hydrogen-bond donors (Lipinski definition) is 2. The van der Waals surface area contributed by atoms with E-state index in [2.05, 4.69) is 17.5 Å². The van der Waals surface area contributed by atoms with E-state index in [4.69, 9.17) is 0 Å². The number of hydrogen-bond acceptors (Lipinski definition) is 2. The standard InChI is InChI=1S/C14H23NO/c16-12-5-1-3-10(7-12)9-15-14-8-11-4-2-6-13(11)14/h2,6,10-16H,1,3-5,7-9H2. The zero-order valence-electron chi connectivity index (χ0n) is 9.94. The first-order valence-corrected chi connectivity index (χ1v) is 6.91. The van der Waals surface area contributed by atoms with E-state index >= 15 is 0 Å². The van der Waals surface area contributed by atoms with Gasteiger partial charge in [-0.1, -0.05) is 18.6 Å². The molecular formula is C14H23NO. The minimum atomic E-state index is -0.0268. The largest absolute Gasteiger partial charge is 0.393 e. The Bertz CT molecular complexity index is 276. The van der Waals surface area contributed by atoms with E-state index in [1.165, 1.54) is 25.7 Å². The van der Waals surface area contributed by atoms with Crippen molar-refractivity contribution in [1.29, 1.82) is 0 Å². The molecule has 5 atom stereocenters. The van der Waals surface area contributed by atoms with Crippen LogP contribution < -0.4 is 5.32 Å². The van der Waals surface area contributed by atoms with Crippen LogP contribution in [0.2, 0.25) is 0 Å². The molecule has 0 aliphatic heterocycles. The lowest BCUT2D eigenvalue weighted by molar-refractivity contribution is 0.0917. The molecule has 0 aromatic rings. The highest BCUT2D eigenvalue weighted by Crippen LogP contribution is 2.42. The van der Waals surface area contributed by atoms with Crippen molar-refractivity contribution >= 4 is 0 Å². The molecule has 2 heteroatoms. The van der Waals surface area contributed by atoms with E-state index in [1.807, 2.05) is 0 Å². The van der Waals surface area contributed by atoms with Gasteiger partial charge in [0.15, 0.2) is 0 Å². The zero-order valence-corrected chi connectivity index (χ0v) is 9.94. The summed E-state index contributed by atoms with van der Waals surface area (Å²) in [7, 11) is 0. The molecule has 90 valence electrons. The van der Waals surface area contributed by atoms with E-state index in [9.17, 15) is 5.11 Å². The Morgan fingerprint density at radius 1 is 1.25 bits per heavy atom. The molecule has 3 aliphatic carbocycles. The van der Waals surface area contributed by atoms with Crippen LogP contribution in [-0.2, 0) is 0 Å². The Morgan fingerprint density at radius 2 is 2.19 bits per heavy atom. The Kier molecular flexibility index (Phi) is 3.03. The highest BCUT2D eigenvalue weighted by molar-refractivity contribution is 5.12. The molecule has 2 N–H and O–H groups in total. The Morgan fingerprint density at radius 3 is 3.00 bits per heavy atom. The fourth-order valence-electron chi connectivity index (χ4n) is 3.71. The molecule has 0 bridgehead atoms. The van der Waals surface area contributed by atoms with Crippen LogP contribution >= 0.6 is 0 Å². The molecule has 0 amide bonds. The van der Waals surface area contributed by atoms with Crippen molar-refractivity contribution in [3.05, 3.63) is 12.2 Å². The number of aliphatic hydroxyl groups excluding tert-OH is 1. The molecule has 5 unspecified atom stereocenters. The van der Waals surface area contributed by atoms with Crippen LogP contribution in [0, 0.1) is 17.8 Å². The summed E-state index contributed by atoms with van der Waals surface area (Å²) in [6, 6.07) is 0.739. The van der Waals surface area contributed by atoms with Gasteiger partial charge in [0.25, 0.3) is 0 Å². The maximum atomic E-state index is 9.63. The van der Waals surface area contributed by atoms with Crippen LogP contribution in [-0.4, -0.2) is 23.8 Å². The van der Waals surface area contributed by atoms with Crippen LogP contribution in [0.15, 0.2) is 12.2 Å². The molecule has 0 saturated heterocycles. The summed E-state index contributed by atoms with van der Waals surface area (Å²) in [6.07, 6.45) is 12.0. The third kappa shape index (κ3) is 2.05. The fraction of sp³-hybridized carbons (Fsp3) is 0.857. The quantitative estimate of drug-likeness (QED) is 0.715. The highest BCUT2D eigenvalue weighted by Gasteiger charge is 2.40. The van der Waals surface area contributed by atoms with Gasteiger partial charge in [0.1, 0.15) is 0 Å². The first kappa shape index (κ1) is 10.8. The minimum absolute atomic E-state index is 0.0268. The summed E-state index contributed by atoms with van der Waals surface area (Å²) >= 11 is 0. The highest BCUT2D eigenvalue weighted by atomic mass is 16.3. The van der Waals surface area contributed by atoms with Gasteiger partial charge in [-0.15, -0.1) is 0 Å². The number of rotatable bonds is 3. The predicted octanol–water partition coefficient (Wildman–Crippen LogP) is 2.09. The molecule has 0 heterocycles. The maximum Gasteiger partial charge on any atom is 0.0543 e. The molecule has 0 radical (unpaired) electrons. The lowest BCUT2D eigenvalue weighted by Crippen LogP contribution is -2.49. The predicted molar refractivity (Wildman–Crippen MR) is 65.1 cm³/mol. The number of allylic oxidation sites excluding steroid dienone is 1. The first-order chi connectivity index (χ1) is 7.83. The molecule has 16 heavy (non-hydrogen) atoms. The Balaban J connectivity index is 1.41. The van der Waals surface area contributed by atoms with Gasteiger partial charge in [-0.3, -0.25) is 0 Å². The van der Waals surface area contributed by atoms with E-state index < -0.39 is 0 Å². The Labute approximate surface area is 98.1 Å². The van der Waals surface area contributed by atoms with Crippen molar-refractivity contribution in [2.45, 2.75) is 50.7 Å². The number of nitrogens with one attached hydrogen (secondary N) is 1. The number of aliphatic hydroxyl groups is 1. The van der Waals surface area contributed by atoms with Gasteiger partial charge in [-0.25, -0.2) is 0 Å².